The molecule has 7 heteroatoms. The van der Waals surface area contributed by atoms with Gasteiger partial charge in [0, 0.05) is 24.0 Å². The van der Waals surface area contributed by atoms with E-state index in [9.17, 15) is 0 Å². The lowest BCUT2D eigenvalue weighted by Crippen LogP contribution is -2.11. The topological polar surface area (TPSA) is 75.9 Å². The molecule has 1 aromatic carbocycles. The summed E-state index contributed by atoms with van der Waals surface area (Å²) in [5.41, 5.74) is 5.67. The van der Waals surface area contributed by atoms with Crippen LogP contribution in [0.2, 0.25) is 0 Å². The van der Waals surface area contributed by atoms with Crippen molar-refractivity contribution in [2.45, 2.75) is 19.9 Å². The number of pyridine rings is 1. The maximum absolute atomic E-state index is 5.42. The van der Waals surface area contributed by atoms with Gasteiger partial charge in [0.2, 0.25) is 0 Å². The van der Waals surface area contributed by atoms with Gasteiger partial charge in [0.15, 0.2) is 12.2 Å². The van der Waals surface area contributed by atoms with Crippen molar-refractivity contribution in [2.75, 3.05) is 10.6 Å². The number of benzene rings is 1. The smallest absolute Gasteiger partial charge is 0.181 e. The number of hydrogen-bond acceptors (Lipinski definition) is 7. The van der Waals surface area contributed by atoms with Gasteiger partial charge in [0.25, 0.3) is 0 Å². The van der Waals surface area contributed by atoms with Gasteiger partial charge >= 0.3 is 0 Å². The van der Waals surface area contributed by atoms with E-state index in [2.05, 4.69) is 45.5 Å². The number of oxazole rings is 1. The quantitative estimate of drug-likeness (QED) is 0.532. The lowest BCUT2D eigenvalue weighted by atomic mass is 10.1. The van der Waals surface area contributed by atoms with Crippen LogP contribution in [0.25, 0.3) is 21.5 Å². The van der Waals surface area contributed by atoms with Crippen molar-refractivity contribution in [3.63, 3.8) is 0 Å². The average molecular weight is 351 g/mol. The molecule has 3 aromatic heterocycles. The third-order valence-electron chi connectivity index (χ3n) is 3.65. The number of nitrogens with one attached hydrogen (secondary N) is 2. The van der Waals surface area contributed by atoms with E-state index in [1.54, 1.807) is 23.7 Å². The largest absolute Gasteiger partial charge is 0.443 e. The number of rotatable bonds is 5. The molecule has 3 heterocycles. The minimum Gasteiger partial charge on any atom is -0.443 e. The van der Waals surface area contributed by atoms with Gasteiger partial charge in [-0.1, -0.05) is 0 Å². The van der Waals surface area contributed by atoms with E-state index >= 15 is 0 Å². The van der Waals surface area contributed by atoms with Gasteiger partial charge in [-0.25, -0.2) is 15.0 Å². The van der Waals surface area contributed by atoms with E-state index in [-0.39, 0.29) is 6.04 Å². The number of thiazole rings is 1. The Morgan fingerprint density at radius 2 is 2.04 bits per heavy atom. The van der Waals surface area contributed by atoms with E-state index in [1.807, 2.05) is 23.7 Å². The first-order chi connectivity index (χ1) is 12.2. The van der Waals surface area contributed by atoms with E-state index in [1.165, 1.54) is 6.39 Å². The summed E-state index contributed by atoms with van der Waals surface area (Å²) in [7, 11) is 0. The molecule has 126 valence electrons. The van der Waals surface area contributed by atoms with Crippen LogP contribution in [0.15, 0.2) is 53.0 Å². The van der Waals surface area contributed by atoms with Crippen molar-refractivity contribution in [1.29, 1.82) is 0 Å². The Morgan fingerprint density at radius 3 is 2.84 bits per heavy atom. The normalized spacial score (nSPS) is 11.2. The van der Waals surface area contributed by atoms with Crippen molar-refractivity contribution in [2.24, 2.45) is 0 Å². The zero-order chi connectivity index (χ0) is 17.2. The minimum absolute atomic E-state index is 0.283. The van der Waals surface area contributed by atoms with Gasteiger partial charge in [0.05, 0.1) is 33.2 Å². The van der Waals surface area contributed by atoms with Gasteiger partial charge in [-0.05, 0) is 32.0 Å². The zero-order valence-electron chi connectivity index (χ0n) is 13.9. The lowest BCUT2D eigenvalue weighted by Gasteiger charge is -2.15. The van der Waals surface area contributed by atoms with Crippen LogP contribution < -0.4 is 10.6 Å². The Kier molecular flexibility index (Phi) is 4.07. The Bertz CT molecular complexity index is 994. The predicted octanol–water partition coefficient (Wildman–Crippen LogP) is 4.91. The summed E-state index contributed by atoms with van der Waals surface area (Å²) in [5, 5.41) is 6.79. The molecule has 0 fully saturated rings. The molecule has 0 spiro atoms. The first-order valence-corrected chi connectivity index (χ1v) is 8.83. The highest BCUT2D eigenvalue weighted by atomic mass is 32.1. The maximum atomic E-state index is 5.42. The molecule has 2 N–H and O–H groups in total. The summed E-state index contributed by atoms with van der Waals surface area (Å²) >= 11 is 1.62. The van der Waals surface area contributed by atoms with Crippen molar-refractivity contribution in [1.82, 2.24) is 15.0 Å². The predicted molar refractivity (Wildman–Crippen MR) is 101 cm³/mol. The summed E-state index contributed by atoms with van der Waals surface area (Å²) in [6.45, 7) is 4.19. The molecule has 0 saturated carbocycles. The zero-order valence-corrected chi connectivity index (χ0v) is 14.7. The Hall–Kier alpha value is -2.93. The fourth-order valence-electron chi connectivity index (χ4n) is 2.58. The number of fused-ring (bicyclic) bond motifs is 1. The first kappa shape index (κ1) is 15.6. The minimum atomic E-state index is 0.283. The number of aromatic nitrogens is 3. The molecule has 6 nitrogen and oxygen atoms in total. The van der Waals surface area contributed by atoms with E-state index in [4.69, 9.17) is 4.42 Å². The second-order valence-electron chi connectivity index (χ2n) is 5.94. The summed E-state index contributed by atoms with van der Waals surface area (Å²) in [6.07, 6.45) is 4.90. The van der Waals surface area contributed by atoms with Crippen LogP contribution in [0.5, 0.6) is 0 Å². The molecule has 0 saturated heterocycles. The van der Waals surface area contributed by atoms with Gasteiger partial charge in [-0.3, -0.25) is 0 Å². The van der Waals surface area contributed by atoms with E-state index in [0.717, 1.165) is 33.0 Å². The standard InChI is InChI=1S/C18H17N5OS/c1-11(2)22-15-6-18(20-7-13(15)16-8-19-9-24-16)23-12-3-4-14-17(5-12)25-10-21-14/h3-11H,1-2H3,(H2,20,22,23). The van der Waals surface area contributed by atoms with Gasteiger partial charge in [-0.15, -0.1) is 11.3 Å². The number of anilines is 3. The van der Waals surface area contributed by atoms with Crippen LogP contribution >= 0.6 is 11.3 Å². The Morgan fingerprint density at radius 1 is 1.12 bits per heavy atom. The number of hydrogen-bond donors (Lipinski definition) is 2. The fourth-order valence-corrected chi connectivity index (χ4v) is 3.30. The Labute approximate surface area is 149 Å². The molecule has 0 unspecified atom stereocenters. The second-order valence-corrected chi connectivity index (χ2v) is 6.83. The summed E-state index contributed by atoms with van der Waals surface area (Å²) in [4.78, 5) is 12.8. The van der Waals surface area contributed by atoms with Crippen LogP contribution in [0.1, 0.15) is 13.8 Å². The molecule has 0 bridgehead atoms. The van der Waals surface area contributed by atoms with Crippen LogP contribution in [0, 0.1) is 0 Å². The molecule has 0 aliphatic rings. The maximum Gasteiger partial charge on any atom is 0.181 e. The molecule has 0 aliphatic carbocycles. The second kappa shape index (κ2) is 6.52. The molecule has 4 rings (SSSR count). The average Bonchev–Trinajstić information content (AvgIpc) is 3.25. The van der Waals surface area contributed by atoms with Gasteiger partial charge in [-0.2, -0.15) is 0 Å². The number of nitrogens with zero attached hydrogens (tertiary/aromatic N) is 3. The molecule has 0 aliphatic heterocycles. The third-order valence-corrected chi connectivity index (χ3v) is 4.44. The molecule has 0 atom stereocenters. The van der Waals surface area contributed by atoms with E-state index in [0.29, 0.717) is 5.76 Å². The fraction of sp³-hybridized carbons (Fsp3) is 0.167. The highest BCUT2D eigenvalue weighted by molar-refractivity contribution is 7.16. The SMILES string of the molecule is CC(C)Nc1cc(Nc2ccc3ncsc3c2)ncc1-c1cnco1. The van der Waals surface area contributed by atoms with E-state index < -0.39 is 0 Å². The molecule has 0 amide bonds. The monoisotopic (exact) mass is 351 g/mol. The highest BCUT2D eigenvalue weighted by Crippen LogP contribution is 2.31. The van der Waals surface area contributed by atoms with Crippen molar-refractivity contribution >= 4 is 38.7 Å². The van der Waals surface area contributed by atoms with Crippen molar-refractivity contribution < 1.29 is 4.42 Å². The molecule has 0 radical (unpaired) electrons. The first-order valence-electron chi connectivity index (χ1n) is 7.95. The molecule has 4 aromatic rings. The van der Waals surface area contributed by atoms with Crippen LogP contribution in [0.4, 0.5) is 17.2 Å². The summed E-state index contributed by atoms with van der Waals surface area (Å²) in [6, 6.07) is 8.35. The lowest BCUT2D eigenvalue weighted by molar-refractivity contribution is 0.572. The van der Waals surface area contributed by atoms with Crippen LogP contribution in [-0.2, 0) is 0 Å². The van der Waals surface area contributed by atoms with Crippen molar-refractivity contribution in [3.8, 4) is 11.3 Å². The van der Waals surface area contributed by atoms with Crippen LogP contribution in [0.3, 0.4) is 0 Å². The molecule has 25 heavy (non-hydrogen) atoms. The molecular formula is C18H17N5OS. The van der Waals surface area contributed by atoms with Gasteiger partial charge in [0.1, 0.15) is 5.82 Å². The highest BCUT2D eigenvalue weighted by Gasteiger charge is 2.12. The van der Waals surface area contributed by atoms with Crippen molar-refractivity contribution in [3.05, 3.63) is 48.6 Å². The van der Waals surface area contributed by atoms with Gasteiger partial charge < -0.3 is 15.1 Å². The molecular weight excluding hydrogens is 334 g/mol. The Balaban J connectivity index is 1.67. The summed E-state index contributed by atoms with van der Waals surface area (Å²) in [5.74, 6) is 1.45. The van der Waals surface area contributed by atoms with Crippen LogP contribution in [-0.4, -0.2) is 21.0 Å². The third kappa shape index (κ3) is 3.32. The summed E-state index contributed by atoms with van der Waals surface area (Å²) < 4.78 is 6.56.